The molecular weight excluding hydrogens is 464 g/mol. The van der Waals surface area contributed by atoms with Gasteiger partial charge in [0.1, 0.15) is 0 Å². The van der Waals surface area contributed by atoms with Gasteiger partial charge in [-0.2, -0.15) is 0 Å². The van der Waals surface area contributed by atoms with E-state index in [2.05, 4.69) is 21.4 Å². The summed E-state index contributed by atoms with van der Waals surface area (Å²) < 4.78 is 5.90. The largest absolute Gasteiger partial charge is 0.457 e. The molecular formula is C20H16BrClN2O5. The number of rotatable bonds is 6. The van der Waals surface area contributed by atoms with Gasteiger partial charge in [0.05, 0.1) is 12.5 Å². The summed E-state index contributed by atoms with van der Waals surface area (Å²) in [5.41, 5.74) is 3.21. The lowest BCUT2D eigenvalue weighted by Gasteiger charge is -2.17. The lowest BCUT2D eigenvalue weighted by molar-refractivity contribution is -0.147. The van der Waals surface area contributed by atoms with Crippen LogP contribution in [0.5, 0.6) is 0 Å². The van der Waals surface area contributed by atoms with Crippen LogP contribution in [0.2, 0.25) is 5.02 Å². The summed E-state index contributed by atoms with van der Waals surface area (Å²) in [6.45, 7) is -0.439. The Hall–Kier alpha value is -2.71. The standard InChI is InChI=1S/C20H16BrClN2O5/c21-15-5-1-12(2-6-15)17(25)11-29-20(28)14-9-18(26)24(10-14)23-19(27)13-3-7-16(22)8-4-13/h1-8,14H,9-11H2,(H,23,27)/t14-/m0/s1. The van der Waals surface area contributed by atoms with Crippen molar-refractivity contribution in [3.8, 4) is 0 Å². The number of carbonyl (C=O) groups is 4. The van der Waals surface area contributed by atoms with E-state index in [1.54, 1.807) is 36.4 Å². The van der Waals surface area contributed by atoms with Gasteiger partial charge in [-0.05, 0) is 36.4 Å². The Morgan fingerprint density at radius 1 is 1.07 bits per heavy atom. The smallest absolute Gasteiger partial charge is 0.311 e. The molecule has 29 heavy (non-hydrogen) atoms. The molecule has 2 aromatic rings. The van der Waals surface area contributed by atoms with Crippen LogP contribution < -0.4 is 5.43 Å². The second kappa shape index (κ2) is 9.19. The SMILES string of the molecule is O=C(COC(=O)[C@H]1CC(=O)N(NC(=O)c2ccc(Cl)cc2)C1)c1ccc(Br)cc1. The quantitative estimate of drug-likeness (QED) is 0.508. The lowest BCUT2D eigenvalue weighted by Crippen LogP contribution is -2.43. The van der Waals surface area contributed by atoms with Crippen molar-refractivity contribution < 1.29 is 23.9 Å². The molecule has 0 aliphatic carbocycles. The molecule has 0 spiro atoms. The summed E-state index contributed by atoms with van der Waals surface area (Å²) in [7, 11) is 0. The third-order valence-corrected chi connectivity index (χ3v) is 5.09. The van der Waals surface area contributed by atoms with Gasteiger partial charge in [0, 0.05) is 27.0 Å². The van der Waals surface area contributed by atoms with E-state index in [4.69, 9.17) is 16.3 Å². The average Bonchev–Trinajstić information content (AvgIpc) is 3.07. The number of halogens is 2. The number of amides is 2. The van der Waals surface area contributed by atoms with E-state index >= 15 is 0 Å². The maximum atomic E-state index is 12.2. The molecule has 1 aliphatic rings. The van der Waals surface area contributed by atoms with Gasteiger partial charge < -0.3 is 4.74 Å². The van der Waals surface area contributed by atoms with Crippen LogP contribution in [0.1, 0.15) is 27.1 Å². The van der Waals surface area contributed by atoms with E-state index in [-0.39, 0.29) is 18.7 Å². The van der Waals surface area contributed by atoms with Crippen molar-refractivity contribution in [2.75, 3.05) is 13.2 Å². The number of carbonyl (C=O) groups excluding carboxylic acids is 4. The molecule has 1 heterocycles. The van der Waals surface area contributed by atoms with Crippen molar-refractivity contribution in [3.63, 3.8) is 0 Å². The fourth-order valence-corrected chi connectivity index (χ4v) is 3.13. The maximum absolute atomic E-state index is 12.2. The molecule has 2 aromatic carbocycles. The van der Waals surface area contributed by atoms with Gasteiger partial charge in [0.2, 0.25) is 5.91 Å². The van der Waals surface area contributed by atoms with Gasteiger partial charge in [-0.25, -0.2) is 0 Å². The van der Waals surface area contributed by atoms with Crippen molar-refractivity contribution in [2.24, 2.45) is 5.92 Å². The first-order valence-electron chi connectivity index (χ1n) is 8.66. The lowest BCUT2D eigenvalue weighted by atomic mass is 10.1. The predicted octanol–water partition coefficient (Wildman–Crippen LogP) is 3.02. The number of ketones is 1. The summed E-state index contributed by atoms with van der Waals surface area (Å²) in [6.07, 6.45) is -0.105. The first kappa shape index (κ1) is 21.0. The number of nitrogens with one attached hydrogen (secondary N) is 1. The molecule has 1 N–H and O–H groups in total. The molecule has 1 atom stereocenters. The maximum Gasteiger partial charge on any atom is 0.311 e. The second-order valence-corrected chi connectivity index (χ2v) is 7.74. The fourth-order valence-electron chi connectivity index (χ4n) is 2.74. The van der Waals surface area contributed by atoms with Crippen LogP contribution in [0.25, 0.3) is 0 Å². The third kappa shape index (κ3) is 5.42. The summed E-state index contributed by atoms with van der Waals surface area (Å²) in [5, 5.41) is 1.57. The molecule has 1 saturated heterocycles. The van der Waals surface area contributed by atoms with Crippen LogP contribution in [-0.2, 0) is 14.3 Å². The summed E-state index contributed by atoms with van der Waals surface area (Å²) in [4.78, 5) is 48.7. The van der Waals surface area contributed by atoms with Crippen LogP contribution in [0.15, 0.2) is 53.0 Å². The molecule has 0 aromatic heterocycles. The van der Waals surface area contributed by atoms with E-state index < -0.39 is 30.3 Å². The molecule has 3 rings (SSSR count). The highest BCUT2D eigenvalue weighted by molar-refractivity contribution is 9.10. The molecule has 2 amide bonds. The zero-order chi connectivity index (χ0) is 21.0. The molecule has 0 saturated carbocycles. The van der Waals surface area contributed by atoms with Crippen LogP contribution >= 0.6 is 27.5 Å². The van der Waals surface area contributed by atoms with Gasteiger partial charge in [0.25, 0.3) is 5.91 Å². The zero-order valence-corrected chi connectivity index (χ0v) is 17.4. The molecule has 150 valence electrons. The zero-order valence-electron chi connectivity index (χ0n) is 15.1. The van der Waals surface area contributed by atoms with Crippen LogP contribution in [0.3, 0.4) is 0 Å². The van der Waals surface area contributed by atoms with Gasteiger partial charge >= 0.3 is 5.97 Å². The normalized spacial score (nSPS) is 15.9. The Kier molecular flexibility index (Phi) is 6.66. The Labute approximate surface area is 180 Å². The first-order valence-corrected chi connectivity index (χ1v) is 9.83. The predicted molar refractivity (Wildman–Crippen MR) is 108 cm³/mol. The number of hydrogen-bond acceptors (Lipinski definition) is 5. The Balaban J connectivity index is 1.51. The number of Topliss-reactive ketones (excluding diaryl/α,β-unsaturated/α-hetero) is 1. The van der Waals surface area contributed by atoms with Gasteiger partial charge in [0.15, 0.2) is 12.4 Å². The van der Waals surface area contributed by atoms with E-state index in [1.165, 1.54) is 12.1 Å². The molecule has 9 heteroatoms. The van der Waals surface area contributed by atoms with Gasteiger partial charge in [-0.3, -0.25) is 29.6 Å². The van der Waals surface area contributed by atoms with Gasteiger partial charge in [-0.15, -0.1) is 0 Å². The number of benzene rings is 2. The van der Waals surface area contributed by atoms with Crippen LogP contribution in [0, 0.1) is 5.92 Å². The Bertz CT molecular complexity index is 946. The minimum Gasteiger partial charge on any atom is -0.457 e. The first-order chi connectivity index (χ1) is 13.8. The van der Waals surface area contributed by atoms with E-state index in [1.807, 2.05) is 0 Å². The minimum absolute atomic E-state index is 0.0243. The molecule has 7 nitrogen and oxygen atoms in total. The molecule has 0 bridgehead atoms. The molecule has 0 unspecified atom stereocenters. The Morgan fingerprint density at radius 3 is 2.34 bits per heavy atom. The molecule has 1 aliphatic heterocycles. The molecule has 0 radical (unpaired) electrons. The number of hydrogen-bond donors (Lipinski definition) is 1. The van der Waals surface area contributed by atoms with Crippen LogP contribution in [-0.4, -0.2) is 41.7 Å². The second-order valence-electron chi connectivity index (χ2n) is 6.39. The molecule has 1 fully saturated rings. The van der Waals surface area contributed by atoms with E-state index in [0.717, 1.165) is 9.48 Å². The summed E-state index contributed by atoms with van der Waals surface area (Å²) in [6, 6.07) is 12.8. The number of ether oxygens (including phenoxy) is 1. The summed E-state index contributed by atoms with van der Waals surface area (Å²) in [5.74, 6) is -2.66. The Morgan fingerprint density at radius 2 is 1.69 bits per heavy atom. The van der Waals surface area contributed by atoms with Crippen molar-refractivity contribution >= 4 is 51.1 Å². The van der Waals surface area contributed by atoms with E-state index in [0.29, 0.717) is 16.1 Å². The van der Waals surface area contributed by atoms with Crippen molar-refractivity contribution in [3.05, 3.63) is 69.2 Å². The summed E-state index contributed by atoms with van der Waals surface area (Å²) >= 11 is 9.07. The average molecular weight is 480 g/mol. The van der Waals surface area contributed by atoms with Crippen molar-refractivity contribution in [1.82, 2.24) is 10.4 Å². The number of esters is 1. The fraction of sp³-hybridized carbons (Fsp3) is 0.200. The number of nitrogens with zero attached hydrogens (tertiary/aromatic N) is 1. The van der Waals surface area contributed by atoms with Gasteiger partial charge in [-0.1, -0.05) is 39.7 Å². The third-order valence-electron chi connectivity index (χ3n) is 4.31. The highest BCUT2D eigenvalue weighted by atomic mass is 79.9. The van der Waals surface area contributed by atoms with Crippen LogP contribution in [0.4, 0.5) is 0 Å². The number of hydrazine groups is 1. The highest BCUT2D eigenvalue weighted by Crippen LogP contribution is 2.19. The minimum atomic E-state index is -0.759. The highest BCUT2D eigenvalue weighted by Gasteiger charge is 2.36. The van der Waals surface area contributed by atoms with Crippen molar-refractivity contribution in [2.45, 2.75) is 6.42 Å². The monoisotopic (exact) mass is 478 g/mol. The topological polar surface area (TPSA) is 92.8 Å². The van der Waals surface area contributed by atoms with Crippen molar-refractivity contribution in [1.29, 1.82) is 0 Å². The van der Waals surface area contributed by atoms with E-state index in [9.17, 15) is 19.2 Å².